The average Bonchev–Trinajstić information content (AvgIpc) is 2.49. The zero-order valence-electron chi connectivity index (χ0n) is 12.7. The predicted molar refractivity (Wildman–Crippen MR) is 92.4 cm³/mol. The van der Waals surface area contributed by atoms with Gasteiger partial charge in [-0.25, -0.2) is 0 Å². The van der Waals surface area contributed by atoms with Gasteiger partial charge in [-0.05, 0) is 56.3 Å². The van der Waals surface area contributed by atoms with Crippen molar-refractivity contribution in [2.45, 2.75) is 24.0 Å². The number of hydrogen-bond acceptors (Lipinski definition) is 4. The van der Waals surface area contributed by atoms with E-state index in [2.05, 4.69) is 5.32 Å². The fraction of sp³-hybridized carbons (Fsp3) is 0.235. The summed E-state index contributed by atoms with van der Waals surface area (Å²) in [5.74, 6) is 0.749. The Morgan fingerprint density at radius 2 is 2.00 bits per heavy atom. The van der Waals surface area contributed by atoms with Crippen LogP contribution >= 0.6 is 11.8 Å². The van der Waals surface area contributed by atoms with Gasteiger partial charge in [-0.1, -0.05) is 6.07 Å². The van der Waals surface area contributed by atoms with Gasteiger partial charge in [0.1, 0.15) is 5.75 Å². The number of nitrogen functional groups attached to an aromatic ring is 1. The molecule has 1 atom stereocenters. The zero-order valence-corrected chi connectivity index (χ0v) is 13.5. The Balaban J connectivity index is 1.93. The van der Waals surface area contributed by atoms with Crippen LogP contribution in [0.2, 0.25) is 0 Å². The molecule has 0 aliphatic heterocycles. The zero-order chi connectivity index (χ0) is 15.9. The molecule has 1 amide bonds. The Kier molecular flexibility index (Phi) is 5.72. The molecule has 2 aromatic carbocycles. The smallest absolute Gasteiger partial charge is 0.237 e. The third-order valence-corrected chi connectivity index (χ3v) is 4.07. The van der Waals surface area contributed by atoms with E-state index in [0.717, 1.165) is 16.3 Å². The van der Waals surface area contributed by atoms with E-state index >= 15 is 0 Å². The highest BCUT2D eigenvalue weighted by Gasteiger charge is 2.14. The van der Waals surface area contributed by atoms with Crippen LogP contribution in [0, 0.1) is 0 Å². The van der Waals surface area contributed by atoms with E-state index in [-0.39, 0.29) is 11.2 Å². The average molecular weight is 316 g/mol. The van der Waals surface area contributed by atoms with E-state index in [1.54, 1.807) is 0 Å². The summed E-state index contributed by atoms with van der Waals surface area (Å²) in [6.45, 7) is 4.43. The highest BCUT2D eigenvalue weighted by molar-refractivity contribution is 8.00. The fourth-order valence-electron chi connectivity index (χ4n) is 1.89. The van der Waals surface area contributed by atoms with Crippen LogP contribution in [-0.2, 0) is 4.79 Å². The van der Waals surface area contributed by atoms with Crippen LogP contribution in [-0.4, -0.2) is 17.8 Å². The molecule has 0 spiro atoms. The highest BCUT2D eigenvalue weighted by Crippen LogP contribution is 2.26. The molecular weight excluding hydrogens is 296 g/mol. The summed E-state index contributed by atoms with van der Waals surface area (Å²) in [7, 11) is 0. The monoisotopic (exact) mass is 316 g/mol. The van der Waals surface area contributed by atoms with Crippen molar-refractivity contribution < 1.29 is 9.53 Å². The molecule has 0 bridgehead atoms. The number of carbonyl (C=O) groups excluding carboxylic acids is 1. The molecule has 0 aliphatic carbocycles. The largest absolute Gasteiger partial charge is 0.494 e. The minimum absolute atomic E-state index is 0.0448. The third kappa shape index (κ3) is 4.70. The van der Waals surface area contributed by atoms with Crippen molar-refractivity contribution in [1.82, 2.24) is 0 Å². The molecule has 22 heavy (non-hydrogen) atoms. The second-order valence-corrected chi connectivity index (χ2v) is 6.19. The van der Waals surface area contributed by atoms with Gasteiger partial charge in [-0.3, -0.25) is 4.79 Å². The van der Waals surface area contributed by atoms with Crippen molar-refractivity contribution in [1.29, 1.82) is 0 Å². The van der Waals surface area contributed by atoms with Gasteiger partial charge in [-0.15, -0.1) is 11.8 Å². The van der Waals surface area contributed by atoms with Gasteiger partial charge in [0.05, 0.1) is 11.9 Å². The molecule has 2 rings (SSSR count). The molecule has 4 nitrogen and oxygen atoms in total. The fourth-order valence-corrected chi connectivity index (χ4v) is 2.83. The second kappa shape index (κ2) is 7.75. The summed E-state index contributed by atoms with van der Waals surface area (Å²) in [6.07, 6.45) is 0. The maximum Gasteiger partial charge on any atom is 0.237 e. The lowest BCUT2D eigenvalue weighted by Crippen LogP contribution is -2.22. The Hall–Kier alpha value is -2.14. The van der Waals surface area contributed by atoms with Crippen LogP contribution in [0.3, 0.4) is 0 Å². The van der Waals surface area contributed by atoms with Crippen LogP contribution in [0.15, 0.2) is 53.4 Å². The van der Waals surface area contributed by atoms with E-state index in [9.17, 15) is 4.79 Å². The Morgan fingerprint density at radius 3 is 2.64 bits per heavy atom. The first kappa shape index (κ1) is 16.2. The summed E-state index contributed by atoms with van der Waals surface area (Å²) in [4.78, 5) is 13.2. The van der Waals surface area contributed by atoms with Crippen molar-refractivity contribution >= 4 is 29.0 Å². The van der Waals surface area contributed by atoms with E-state index in [1.807, 2.05) is 62.4 Å². The molecule has 5 heteroatoms. The normalized spacial score (nSPS) is 11.7. The van der Waals surface area contributed by atoms with E-state index in [1.165, 1.54) is 11.8 Å². The van der Waals surface area contributed by atoms with Gasteiger partial charge in [0.15, 0.2) is 0 Å². The van der Waals surface area contributed by atoms with Crippen molar-refractivity contribution in [2.75, 3.05) is 17.7 Å². The first-order chi connectivity index (χ1) is 10.6. The van der Waals surface area contributed by atoms with Gasteiger partial charge in [0.25, 0.3) is 0 Å². The van der Waals surface area contributed by atoms with Crippen LogP contribution in [0.25, 0.3) is 0 Å². The van der Waals surface area contributed by atoms with E-state index in [0.29, 0.717) is 12.3 Å². The molecule has 0 saturated heterocycles. The van der Waals surface area contributed by atoms with Crippen molar-refractivity contribution in [3.8, 4) is 5.75 Å². The van der Waals surface area contributed by atoms with Gasteiger partial charge >= 0.3 is 0 Å². The number of rotatable bonds is 6. The number of anilines is 2. The van der Waals surface area contributed by atoms with Crippen molar-refractivity contribution in [3.63, 3.8) is 0 Å². The van der Waals surface area contributed by atoms with Crippen LogP contribution in [0.4, 0.5) is 11.4 Å². The summed E-state index contributed by atoms with van der Waals surface area (Å²) in [6, 6.07) is 14.9. The predicted octanol–water partition coefficient (Wildman–Crippen LogP) is 3.79. The standard InChI is InChI=1S/C17H20N2O2S/c1-3-21-15-9-7-14(8-10-15)19-17(20)12(2)22-16-6-4-5-13(18)11-16/h4-12H,3,18H2,1-2H3,(H,19,20). The Bertz CT molecular complexity index is 629. The second-order valence-electron chi connectivity index (χ2n) is 4.78. The van der Waals surface area contributed by atoms with Crippen LogP contribution < -0.4 is 15.8 Å². The van der Waals surface area contributed by atoms with Gasteiger partial charge in [-0.2, -0.15) is 0 Å². The lowest BCUT2D eigenvalue weighted by Gasteiger charge is -2.12. The molecule has 0 radical (unpaired) electrons. The molecule has 1 unspecified atom stereocenters. The number of nitrogens with one attached hydrogen (secondary N) is 1. The van der Waals surface area contributed by atoms with Crippen molar-refractivity contribution in [3.05, 3.63) is 48.5 Å². The van der Waals surface area contributed by atoms with Crippen molar-refractivity contribution in [2.24, 2.45) is 0 Å². The SMILES string of the molecule is CCOc1ccc(NC(=O)C(C)Sc2cccc(N)c2)cc1. The highest BCUT2D eigenvalue weighted by atomic mass is 32.2. The van der Waals surface area contributed by atoms with E-state index in [4.69, 9.17) is 10.5 Å². The molecule has 2 aromatic rings. The number of benzene rings is 2. The lowest BCUT2D eigenvalue weighted by atomic mass is 10.3. The van der Waals surface area contributed by atoms with Crippen LogP contribution in [0.5, 0.6) is 5.75 Å². The maximum atomic E-state index is 12.2. The number of nitrogens with two attached hydrogens (primary N) is 1. The molecule has 0 aliphatic rings. The summed E-state index contributed by atoms with van der Waals surface area (Å²) in [5, 5.41) is 2.68. The molecule has 0 aromatic heterocycles. The molecule has 116 valence electrons. The number of carbonyl (C=O) groups is 1. The number of thioether (sulfide) groups is 1. The number of ether oxygens (including phenoxy) is 1. The summed E-state index contributed by atoms with van der Waals surface area (Å²) in [5.41, 5.74) is 7.20. The number of amides is 1. The van der Waals surface area contributed by atoms with E-state index < -0.39 is 0 Å². The molecule has 0 heterocycles. The summed E-state index contributed by atoms with van der Waals surface area (Å²) >= 11 is 1.48. The molecule has 3 N–H and O–H groups in total. The molecular formula is C17H20N2O2S. The third-order valence-electron chi connectivity index (χ3n) is 2.97. The minimum Gasteiger partial charge on any atom is -0.494 e. The van der Waals surface area contributed by atoms with Gasteiger partial charge in [0, 0.05) is 16.3 Å². The van der Waals surface area contributed by atoms with Gasteiger partial charge < -0.3 is 15.8 Å². The quantitative estimate of drug-likeness (QED) is 0.629. The Morgan fingerprint density at radius 1 is 1.27 bits per heavy atom. The molecule has 0 fully saturated rings. The first-order valence-corrected chi connectivity index (χ1v) is 8.02. The van der Waals surface area contributed by atoms with Gasteiger partial charge in [0.2, 0.25) is 5.91 Å². The lowest BCUT2D eigenvalue weighted by molar-refractivity contribution is -0.115. The topological polar surface area (TPSA) is 64.3 Å². The number of hydrogen-bond donors (Lipinski definition) is 2. The summed E-state index contributed by atoms with van der Waals surface area (Å²) < 4.78 is 5.37. The molecule has 0 saturated carbocycles. The van der Waals surface area contributed by atoms with Crippen LogP contribution in [0.1, 0.15) is 13.8 Å². The minimum atomic E-state index is -0.214. The Labute approximate surface area is 135 Å². The maximum absolute atomic E-state index is 12.2. The first-order valence-electron chi connectivity index (χ1n) is 7.14.